The molecule has 3 nitrogen and oxygen atoms in total. The number of rotatable bonds is 5. The second kappa shape index (κ2) is 6.36. The van der Waals surface area contributed by atoms with Gasteiger partial charge in [-0.3, -0.25) is 0 Å². The first kappa shape index (κ1) is 13.6. The molecule has 0 heterocycles. The van der Waals surface area contributed by atoms with Gasteiger partial charge >= 0.3 is 5.97 Å². The Morgan fingerprint density at radius 1 is 1.16 bits per heavy atom. The summed E-state index contributed by atoms with van der Waals surface area (Å²) in [6, 6.07) is 16.1. The fourth-order valence-electron chi connectivity index (χ4n) is 1.73. The summed E-state index contributed by atoms with van der Waals surface area (Å²) in [5.41, 5.74) is 1.46. The fraction of sp³-hybridized carbons (Fsp3) is 0.133. The van der Waals surface area contributed by atoms with E-state index in [0.717, 1.165) is 5.56 Å². The van der Waals surface area contributed by atoms with E-state index < -0.39 is 12.1 Å². The van der Waals surface area contributed by atoms with E-state index in [4.69, 9.17) is 16.3 Å². The van der Waals surface area contributed by atoms with Crippen molar-refractivity contribution in [3.63, 3.8) is 0 Å². The Kier molecular flexibility index (Phi) is 4.55. The zero-order valence-electron chi connectivity index (χ0n) is 10.1. The van der Waals surface area contributed by atoms with Crippen molar-refractivity contribution in [3.05, 3.63) is 70.7 Å². The summed E-state index contributed by atoms with van der Waals surface area (Å²) in [7, 11) is 0. The van der Waals surface area contributed by atoms with Crippen LogP contribution in [0.4, 0.5) is 0 Å². The SMILES string of the molecule is O=C(O)C(OCc1ccccc1)c1cccc(Cl)c1. The molecule has 0 saturated heterocycles. The number of carbonyl (C=O) groups is 1. The molecule has 0 aliphatic rings. The minimum atomic E-state index is -1.03. The molecule has 0 aliphatic carbocycles. The highest BCUT2D eigenvalue weighted by atomic mass is 35.5. The van der Waals surface area contributed by atoms with Crippen LogP contribution in [0.2, 0.25) is 5.02 Å². The summed E-state index contributed by atoms with van der Waals surface area (Å²) in [6.45, 7) is 0.240. The Morgan fingerprint density at radius 3 is 2.53 bits per heavy atom. The standard InChI is InChI=1S/C15H13ClO3/c16-13-8-4-7-12(9-13)14(15(17)18)19-10-11-5-2-1-3-6-11/h1-9,14H,10H2,(H,17,18). The van der Waals surface area contributed by atoms with Crippen LogP contribution in [0.25, 0.3) is 0 Å². The molecule has 1 atom stereocenters. The highest BCUT2D eigenvalue weighted by Gasteiger charge is 2.20. The largest absolute Gasteiger partial charge is 0.479 e. The van der Waals surface area contributed by atoms with Gasteiger partial charge in [0, 0.05) is 5.02 Å². The molecule has 1 N–H and O–H groups in total. The van der Waals surface area contributed by atoms with Crippen molar-refractivity contribution in [2.24, 2.45) is 0 Å². The molecule has 0 spiro atoms. The Morgan fingerprint density at radius 2 is 1.89 bits per heavy atom. The second-order valence-electron chi connectivity index (χ2n) is 4.07. The van der Waals surface area contributed by atoms with Gasteiger partial charge in [-0.1, -0.05) is 54.1 Å². The average molecular weight is 277 g/mol. The molecule has 98 valence electrons. The van der Waals surface area contributed by atoms with Crippen molar-refractivity contribution in [2.45, 2.75) is 12.7 Å². The molecule has 0 saturated carbocycles. The summed E-state index contributed by atoms with van der Waals surface area (Å²) < 4.78 is 5.47. The van der Waals surface area contributed by atoms with E-state index in [1.165, 1.54) is 0 Å². The Labute approximate surface area is 116 Å². The Bertz CT molecular complexity index is 554. The number of carboxylic acid groups (broad SMARTS) is 1. The van der Waals surface area contributed by atoms with Crippen molar-refractivity contribution in [1.29, 1.82) is 0 Å². The maximum absolute atomic E-state index is 11.3. The van der Waals surface area contributed by atoms with Crippen LogP contribution in [0.5, 0.6) is 0 Å². The molecule has 1 unspecified atom stereocenters. The molecule has 0 bridgehead atoms. The van der Waals surface area contributed by atoms with Crippen LogP contribution < -0.4 is 0 Å². The van der Waals surface area contributed by atoms with Gasteiger partial charge in [0.2, 0.25) is 0 Å². The maximum atomic E-state index is 11.3. The zero-order valence-corrected chi connectivity index (χ0v) is 10.9. The number of halogens is 1. The van der Waals surface area contributed by atoms with Crippen molar-refractivity contribution in [2.75, 3.05) is 0 Å². The molecule has 0 aliphatic heterocycles. The van der Waals surface area contributed by atoms with E-state index in [-0.39, 0.29) is 6.61 Å². The predicted octanol–water partition coefficient (Wildman–Crippen LogP) is 3.68. The van der Waals surface area contributed by atoms with E-state index in [1.807, 2.05) is 30.3 Å². The minimum Gasteiger partial charge on any atom is -0.479 e. The van der Waals surface area contributed by atoms with Crippen LogP contribution in [-0.2, 0) is 16.1 Å². The first-order valence-electron chi connectivity index (χ1n) is 5.80. The van der Waals surface area contributed by atoms with Crippen LogP contribution in [0.3, 0.4) is 0 Å². The van der Waals surface area contributed by atoms with Crippen LogP contribution in [0.1, 0.15) is 17.2 Å². The van der Waals surface area contributed by atoms with Crippen molar-refractivity contribution < 1.29 is 14.6 Å². The molecule has 19 heavy (non-hydrogen) atoms. The molecule has 4 heteroatoms. The monoisotopic (exact) mass is 276 g/mol. The lowest BCUT2D eigenvalue weighted by atomic mass is 10.1. The second-order valence-corrected chi connectivity index (χ2v) is 4.51. The normalized spacial score (nSPS) is 12.1. The summed E-state index contributed by atoms with van der Waals surface area (Å²) in [6.07, 6.45) is -1.01. The summed E-state index contributed by atoms with van der Waals surface area (Å²) in [5.74, 6) is -1.03. The fourth-order valence-corrected chi connectivity index (χ4v) is 1.93. The number of benzene rings is 2. The molecular formula is C15H13ClO3. The molecule has 0 aromatic heterocycles. The van der Waals surface area contributed by atoms with Gasteiger partial charge in [0.15, 0.2) is 6.10 Å². The molecule has 2 aromatic carbocycles. The van der Waals surface area contributed by atoms with Gasteiger partial charge in [-0.05, 0) is 23.3 Å². The van der Waals surface area contributed by atoms with E-state index >= 15 is 0 Å². The van der Waals surface area contributed by atoms with Crippen molar-refractivity contribution in [3.8, 4) is 0 Å². The van der Waals surface area contributed by atoms with E-state index in [1.54, 1.807) is 24.3 Å². The third kappa shape index (κ3) is 3.81. The highest BCUT2D eigenvalue weighted by molar-refractivity contribution is 6.30. The molecule has 0 fully saturated rings. The number of carboxylic acids is 1. The molecule has 2 rings (SSSR count). The van der Waals surface area contributed by atoms with Crippen LogP contribution >= 0.6 is 11.6 Å². The zero-order chi connectivity index (χ0) is 13.7. The third-order valence-electron chi connectivity index (χ3n) is 2.64. The highest BCUT2D eigenvalue weighted by Crippen LogP contribution is 2.22. The summed E-state index contributed by atoms with van der Waals surface area (Å²) >= 11 is 5.86. The summed E-state index contributed by atoms with van der Waals surface area (Å²) in [4.78, 5) is 11.3. The van der Waals surface area contributed by atoms with E-state index in [0.29, 0.717) is 10.6 Å². The molecule has 0 radical (unpaired) electrons. The quantitative estimate of drug-likeness (QED) is 0.906. The van der Waals surface area contributed by atoms with Gasteiger partial charge in [-0.2, -0.15) is 0 Å². The number of hydrogen-bond donors (Lipinski definition) is 1. The van der Waals surface area contributed by atoms with Gasteiger partial charge in [-0.15, -0.1) is 0 Å². The van der Waals surface area contributed by atoms with Gasteiger partial charge in [0.25, 0.3) is 0 Å². The third-order valence-corrected chi connectivity index (χ3v) is 2.87. The first-order chi connectivity index (χ1) is 9.16. The lowest BCUT2D eigenvalue weighted by molar-refractivity contribution is -0.151. The Balaban J connectivity index is 2.11. The van der Waals surface area contributed by atoms with E-state index in [9.17, 15) is 9.90 Å². The van der Waals surface area contributed by atoms with Gasteiger partial charge in [0.05, 0.1) is 6.61 Å². The predicted molar refractivity (Wildman–Crippen MR) is 73.1 cm³/mol. The minimum absolute atomic E-state index is 0.240. The molecule has 2 aromatic rings. The number of aliphatic carboxylic acids is 1. The van der Waals surface area contributed by atoms with Crippen molar-refractivity contribution in [1.82, 2.24) is 0 Å². The number of hydrogen-bond acceptors (Lipinski definition) is 2. The van der Waals surface area contributed by atoms with Gasteiger partial charge in [0.1, 0.15) is 0 Å². The smallest absolute Gasteiger partial charge is 0.337 e. The lowest BCUT2D eigenvalue weighted by Crippen LogP contribution is -2.15. The molecule has 0 amide bonds. The topological polar surface area (TPSA) is 46.5 Å². The van der Waals surface area contributed by atoms with Crippen LogP contribution in [0, 0.1) is 0 Å². The van der Waals surface area contributed by atoms with E-state index in [2.05, 4.69) is 0 Å². The lowest BCUT2D eigenvalue weighted by Gasteiger charge is -2.14. The summed E-state index contributed by atoms with van der Waals surface area (Å²) in [5, 5.41) is 9.72. The van der Waals surface area contributed by atoms with Gasteiger partial charge < -0.3 is 9.84 Å². The van der Waals surface area contributed by atoms with Crippen LogP contribution in [0.15, 0.2) is 54.6 Å². The Hall–Kier alpha value is -1.84. The first-order valence-corrected chi connectivity index (χ1v) is 6.18. The van der Waals surface area contributed by atoms with Crippen molar-refractivity contribution >= 4 is 17.6 Å². The molecular weight excluding hydrogens is 264 g/mol. The van der Waals surface area contributed by atoms with Crippen LogP contribution in [-0.4, -0.2) is 11.1 Å². The average Bonchev–Trinajstić information content (AvgIpc) is 2.40. The number of ether oxygens (including phenoxy) is 1. The van der Waals surface area contributed by atoms with Gasteiger partial charge in [-0.25, -0.2) is 4.79 Å². The maximum Gasteiger partial charge on any atom is 0.337 e.